The number of likely N-dealkylation sites (tertiary alicyclic amines) is 1. The first-order valence-electron chi connectivity index (χ1n) is 6.94. The van der Waals surface area contributed by atoms with Gasteiger partial charge in [-0.25, -0.2) is 0 Å². The van der Waals surface area contributed by atoms with Gasteiger partial charge in [-0.15, -0.1) is 11.6 Å². The van der Waals surface area contributed by atoms with E-state index in [1.165, 1.54) is 17.0 Å². The molecule has 3 heterocycles. The van der Waals surface area contributed by atoms with Crippen LogP contribution in [-0.4, -0.2) is 41.3 Å². The SMILES string of the molecule is O=c1cccc2n1C[C@@H]1C[C@H]2C[NH+](C[C@H](O)CCl)C1. The van der Waals surface area contributed by atoms with Crippen LogP contribution in [0.3, 0.4) is 0 Å². The second-order valence-corrected chi connectivity index (χ2v) is 6.18. The molecule has 2 aliphatic rings. The van der Waals surface area contributed by atoms with Gasteiger partial charge in [0.2, 0.25) is 0 Å². The van der Waals surface area contributed by atoms with E-state index in [0.29, 0.717) is 24.3 Å². The highest BCUT2D eigenvalue weighted by Crippen LogP contribution is 2.29. The van der Waals surface area contributed by atoms with Gasteiger partial charge in [-0.1, -0.05) is 6.07 Å². The smallest absolute Gasteiger partial charge is 0.250 e. The van der Waals surface area contributed by atoms with Gasteiger partial charge in [0.05, 0.1) is 19.0 Å². The van der Waals surface area contributed by atoms with E-state index in [1.54, 1.807) is 6.07 Å². The quantitative estimate of drug-likeness (QED) is 0.732. The third-order valence-electron chi connectivity index (χ3n) is 4.38. The highest BCUT2D eigenvalue weighted by Gasteiger charge is 2.37. The summed E-state index contributed by atoms with van der Waals surface area (Å²) in [6.07, 6.45) is 0.748. The molecule has 104 valence electrons. The number of aliphatic hydroxyl groups excluding tert-OH is 1. The number of piperidine rings is 1. The Morgan fingerprint density at radius 1 is 1.47 bits per heavy atom. The van der Waals surface area contributed by atoms with E-state index in [-0.39, 0.29) is 5.56 Å². The fourth-order valence-electron chi connectivity index (χ4n) is 3.67. The number of fused-ring (bicyclic) bond motifs is 4. The minimum atomic E-state index is -0.423. The molecule has 5 heteroatoms. The number of aliphatic hydroxyl groups is 1. The molecule has 4 atom stereocenters. The van der Waals surface area contributed by atoms with Crippen LogP contribution in [-0.2, 0) is 6.54 Å². The van der Waals surface area contributed by atoms with Crippen molar-refractivity contribution in [3.8, 4) is 0 Å². The molecule has 0 amide bonds. The Hall–Kier alpha value is -0.840. The molecular weight excluding hydrogens is 264 g/mol. The first-order chi connectivity index (χ1) is 9.17. The highest BCUT2D eigenvalue weighted by atomic mass is 35.5. The number of hydrogen-bond donors (Lipinski definition) is 2. The fourth-order valence-corrected chi connectivity index (χ4v) is 3.78. The van der Waals surface area contributed by atoms with Crippen molar-refractivity contribution < 1.29 is 10.0 Å². The summed E-state index contributed by atoms with van der Waals surface area (Å²) in [6.45, 7) is 3.57. The lowest BCUT2D eigenvalue weighted by Crippen LogP contribution is -3.15. The summed E-state index contributed by atoms with van der Waals surface area (Å²) in [5.74, 6) is 1.29. The number of halogens is 1. The zero-order valence-corrected chi connectivity index (χ0v) is 11.6. The summed E-state index contributed by atoms with van der Waals surface area (Å²) in [6, 6.07) is 5.58. The van der Waals surface area contributed by atoms with Crippen LogP contribution in [0.15, 0.2) is 23.0 Å². The molecule has 1 unspecified atom stereocenters. The lowest BCUT2D eigenvalue weighted by molar-refractivity contribution is -0.913. The lowest BCUT2D eigenvalue weighted by atomic mass is 9.83. The minimum Gasteiger partial charge on any atom is -0.386 e. The molecule has 0 spiro atoms. The van der Waals surface area contributed by atoms with Crippen molar-refractivity contribution in [1.29, 1.82) is 0 Å². The van der Waals surface area contributed by atoms with Crippen molar-refractivity contribution in [2.24, 2.45) is 5.92 Å². The van der Waals surface area contributed by atoms with E-state index in [4.69, 9.17) is 11.6 Å². The Balaban J connectivity index is 1.82. The number of nitrogens with one attached hydrogen (secondary N) is 1. The summed E-state index contributed by atoms with van der Waals surface area (Å²) < 4.78 is 1.94. The Morgan fingerprint density at radius 3 is 3.11 bits per heavy atom. The number of nitrogens with zero attached hydrogens (tertiary/aromatic N) is 1. The molecule has 2 N–H and O–H groups in total. The summed E-state index contributed by atoms with van der Waals surface area (Å²) in [5, 5.41) is 9.70. The third-order valence-corrected chi connectivity index (χ3v) is 4.73. The number of quaternary nitrogens is 1. The fraction of sp³-hybridized carbons (Fsp3) is 0.643. The van der Waals surface area contributed by atoms with Crippen molar-refractivity contribution in [3.05, 3.63) is 34.2 Å². The van der Waals surface area contributed by atoms with Crippen LogP contribution in [0.2, 0.25) is 0 Å². The summed E-state index contributed by atoms with van der Waals surface area (Å²) in [5.41, 5.74) is 1.29. The summed E-state index contributed by atoms with van der Waals surface area (Å²) in [4.78, 5) is 13.3. The minimum absolute atomic E-state index is 0.122. The van der Waals surface area contributed by atoms with Crippen molar-refractivity contribution in [2.75, 3.05) is 25.5 Å². The second kappa shape index (κ2) is 5.27. The van der Waals surface area contributed by atoms with Crippen molar-refractivity contribution in [3.63, 3.8) is 0 Å². The Labute approximate surface area is 117 Å². The van der Waals surface area contributed by atoms with E-state index in [0.717, 1.165) is 19.6 Å². The topological polar surface area (TPSA) is 46.7 Å². The molecule has 0 radical (unpaired) electrons. The van der Waals surface area contributed by atoms with Gasteiger partial charge in [0.1, 0.15) is 12.6 Å². The normalized spacial score (nSPS) is 30.7. The lowest BCUT2D eigenvalue weighted by Gasteiger charge is -2.40. The first-order valence-corrected chi connectivity index (χ1v) is 7.48. The van der Waals surface area contributed by atoms with Gasteiger partial charge in [0.15, 0.2) is 0 Å². The molecule has 1 saturated heterocycles. The number of aromatic nitrogens is 1. The maximum atomic E-state index is 11.9. The predicted molar refractivity (Wildman–Crippen MR) is 73.8 cm³/mol. The monoisotopic (exact) mass is 283 g/mol. The van der Waals surface area contributed by atoms with Gasteiger partial charge in [0.25, 0.3) is 5.56 Å². The molecule has 1 fully saturated rings. The average Bonchev–Trinajstić information content (AvgIpc) is 2.40. The van der Waals surface area contributed by atoms with Gasteiger partial charge < -0.3 is 14.6 Å². The molecule has 4 nitrogen and oxygen atoms in total. The van der Waals surface area contributed by atoms with E-state index < -0.39 is 6.10 Å². The maximum absolute atomic E-state index is 11.9. The number of rotatable bonds is 3. The maximum Gasteiger partial charge on any atom is 0.250 e. The number of pyridine rings is 1. The Morgan fingerprint density at radius 2 is 2.32 bits per heavy atom. The highest BCUT2D eigenvalue weighted by molar-refractivity contribution is 6.18. The molecule has 0 saturated carbocycles. The Bertz CT molecular complexity index is 516. The van der Waals surface area contributed by atoms with Crippen molar-refractivity contribution in [1.82, 2.24) is 4.57 Å². The van der Waals surface area contributed by atoms with E-state index in [9.17, 15) is 9.90 Å². The predicted octanol–water partition coefficient (Wildman–Crippen LogP) is -0.550. The van der Waals surface area contributed by atoms with Gasteiger partial charge in [-0.2, -0.15) is 0 Å². The largest absolute Gasteiger partial charge is 0.386 e. The van der Waals surface area contributed by atoms with Gasteiger partial charge in [-0.3, -0.25) is 4.79 Å². The first kappa shape index (κ1) is 13.2. The van der Waals surface area contributed by atoms with Crippen LogP contribution in [0.5, 0.6) is 0 Å². The van der Waals surface area contributed by atoms with Crippen LogP contribution < -0.4 is 10.5 Å². The van der Waals surface area contributed by atoms with Gasteiger partial charge in [0, 0.05) is 30.1 Å². The summed E-state index contributed by atoms with van der Waals surface area (Å²) >= 11 is 5.68. The Kier molecular flexibility index (Phi) is 3.65. The molecule has 19 heavy (non-hydrogen) atoms. The van der Waals surface area contributed by atoms with Crippen LogP contribution in [0.25, 0.3) is 0 Å². The van der Waals surface area contributed by atoms with Crippen molar-refractivity contribution in [2.45, 2.75) is 25.0 Å². The molecule has 1 aromatic heterocycles. The molecule has 2 aliphatic heterocycles. The average molecular weight is 284 g/mol. The van der Waals surface area contributed by atoms with E-state index in [1.807, 2.05) is 10.6 Å². The standard InChI is InChI=1S/C14H19ClN2O2/c15-5-12(18)9-16-6-10-4-11(8-16)13-2-1-3-14(19)17(13)7-10/h1-3,10-12,18H,4-9H2/p+1/t10-,11+,12-/m1/s1. The van der Waals surface area contributed by atoms with Crippen LogP contribution >= 0.6 is 11.6 Å². The summed E-state index contributed by atoms with van der Waals surface area (Å²) in [7, 11) is 0. The van der Waals surface area contributed by atoms with E-state index >= 15 is 0 Å². The van der Waals surface area contributed by atoms with Crippen LogP contribution in [0.4, 0.5) is 0 Å². The molecular formula is C14H20ClN2O2+. The third kappa shape index (κ3) is 2.57. The zero-order chi connectivity index (χ0) is 13.4. The van der Waals surface area contributed by atoms with Gasteiger partial charge >= 0.3 is 0 Å². The molecule has 3 rings (SSSR count). The van der Waals surface area contributed by atoms with Crippen molar-refractivity contribution >= 4 is 11.6 Å². The molecule has 1 aromatic rings. The molecule has 2 bridgehead atoms. The number of alkyl halides is 1. The van der Waals surface area contributed by atoms with E-state index in [2.05, 4.69) is 6.07 Å². The van der Waals surface area contributed by atoms with Gasteiger partial charge in [-0.05, 0) is 12.5 Å². The zero-order valence-electron chi connectivity index (χ0n) is 10.9. The number of hydrogen-bond acceptors (Lipinski definition) is 2. The van der Waals surface area contributed by atoms with Crippen LogP contribution in [0.1, 0.15) is 18.0 Å². The molecule has 0 aromatic carbocycles. The second-order valence-electron chi connectivity index (χ2n) is 5.87. The molecule has 0 aliphatic carbocycles. The van der Waals surface area contributed by atoms with Crippen LogP contribution in [0, 0.1) is 5.92 Å².